The number of hydrogen-bond acceptors (Lipinski definition) is 12. The number of Topliss-reactive ketones (excluding diaryl/α,β-unsaturated/α-hetero) is 4. The molecule has 57 heavy (non-hydrogen) atoms. The zero-order valence-corrected chi connectivity index (χ0v) is 32.4. The number of carbonyl (C=O) groups excluding carboxylic acids is 4. The van der Waals surface area contributed by atoms with Crippen LogP contribution in [0.1, 0.15) is 61.2 Å². The van der Waals surface area contributed by atoms with Crippen molar-refractivity contribution in [1.82, 2.24) is 0 Å². The molecule has 0 spiro atoms. The predicted octanol–water partition coefficient (Wildman–Crippen LogP) is 10.5. The molecule has 0 atom stereocenters. The largest absolute Gasteiger partial charge is 0.294 e. The molecule has 0 saturated carbocycles. The molecule has 0 fully saturated rings. The summed E-state index contributed by atoms with van der Waals surface area (Å²) >= 11 is 24.7. The van der Waals surface area contributed by atoms with Gasteiger partial charge in [-0.25, -0.2) is 17.6 Å². The summed E-state index contributed by atoms with van der Waals surface area (Å²) in [4.78, 5) is 85.4. The van der Waals surface area contributed by atoms with Gasteiger partial charge in [0.15, 0.2) is 23.1 Å². The maximum atomic E-state index is 13.9. The Morgan fingerprint density at radius 1 is 0.491 bits per heavy atom. The zero-order valence-electron chi connectivity index (χ0n) is 27.8. The van der Waals surface area contributed by atoms with E-state index in [0.717, 1.165) is 31.2 Å². The first-order chi connectivity index (χ1) is 26.4. The molecule has 0 heterocycles. The number of benzene rings is 4. The lowest BCUT2D eigenvalue weighted by Gasteiger charge is -2.06. The number of hydrogen-bond donors (Lipinski definition) is 0. The molecule has 16 nitrogen and oxygen atoms in total. The van der Waals surface area contributed by atoms with E-state index in [0.29, 0.717) is 24.3 Å². The fourth-order valence-electron chi connectivity index (χ4n) is 4.19. The van der Waals surface area contributed by atoms with Gasteiger partial charge in [0.25, 0.3) is 22.7 Å². The van der Waals surface area contributed by atoms with Crippen molar-refractivity contribution in [2.45, 2.75) is 19.8 Å². The number of rotatable bonds is 12. The number of nitro benzene ring substituents is 4. The molecule has 25 heteroatoms. The molecular weight excluding hydrogens is 930 g/mol. The van der Waals surface area contributed by atoms with E-state index in [1.54, 1.807) is 0 Å². The second kappa shape index (κ2) is 20.6. The van der Waals surface area contributed by atoms with Crippen LogP contribution in [-0.2, 0) is 0 Å². The molecule has 0 bridgehead atoms. The van der Waals surface area contributed by atoms with Crippen LogP contribution < -0.4 is 0 Å². The number of alkyl halides is 1. The van der Waals surface area contributed by atoms with Crippen molar-refractivity contribution in [2.75, 3.05) is 5.33 Å². The minimum Gasteiger partial charge on any atom is -0.294 e. The summed E-state index contributed by atoms with van der Waals surface area (Å²) in [5.74, 6) is -7.05. The molecule has 4 aromatic rings. The van der Waals surface area contributed by atoms with Crippen LogP contribution >= 0.6 is 62.3 Å². The third kappa shape index (κ3) is 12.5. The summed E-state index contributed by atoms with van der Waals surface area (Å²) in [6.07, 6.45) is -1.24. The summed E-state index contributed by atoms with van der Waals surface area (Å²) in [7, 11) is 0. The molecule has 0 aromatic heterocycles. The van der Waals surface area contributed by atoms with Crippen molar-refractivity contribution in [1.29, 1.82) is 0 Å². The Kier molecular flexibility index (Phi) is 17.2. The lowest BCUT2D eigenvalue weighted by Crippen LogP contribution is -2.09. The van der Waals surface area contributed by atoms with E-state index >= 15 is 0 Å². The number of ketones is 4. The Morgan fingerprint density at radius 3 is 0.947 bits per heavy atom. The SMILES string of the molecule is CC(=O)c1cc([N+](=O)[O-])c(Cl)cc1F.O=C(CBr)c1cc([N+](=O)[O-])c(Cl)cc1F.O=C(CCC(=O)c1cc([N+](=O)[O-])c(Cl)cc1F)c1cc([N+](=O)[O-])c(Cl)cc1F. The molecule has 0 radical (unpaired) electrons. The van der Waals surface area contributed by atoms with Crippen LogP contribution in [0.4, 0.5) is 40.3 Å². The fourth-order valence-corrected chi connectivity index (χ4v) is 5.37. The average molecular weight is 947 g/mol. The summed E-state index contributed by atoms with van der Waals surface area (Å²) in [5, 5.41) is 40.8. The minimum absolute atomic E-state index is 0.108. The second-order valence-corrected chi connectivity index (χ2v) is 12.8. The molecule has 0 aliphatic heterocycles. The lowest BCUT2D eigenvalue weighted by atomic mass is 10.00. The van der Waals surface area contributed by atoms with Crippen molar-refractivity contribution in [2.24, 2.45) is 0 Å². The zero-order chi connectivity index (χ0) is 43.6. The highest BCUT2D eigenvalue weighted by molar-refractivity contribution is 9.09. The Morgan fingerprint density at radius 2 is 0.719 bits per heavy atom. The molecule has 4 aromatic carbocycles. The average Bonchev–Trinajstić information content (AvgIpc) is 3.10. The number of halogens is 9. The van der Waals surface area contributed by atoms with Gasteiger partial charge in [0.05, 0.1) is 47.3 Å². The lowest BCUT2D eigenvalue weighted by molar-refractivity contribution is -0.384. The molecule has 0 amide bonds. The quantitative estimate of drug-likeness (QED) is 0.0423. The second-order valence-electron chi connectivity index (χ2n) is 10.6. The van der Waals surface area contributed by atoms with E-state index < -0.39 is 123 Å². The summed E-state index contributed by atoms with van der Waals surface area (Å²) in [5.41, 5.74) is -4.35. The maximum Gasteiger partial charge on any atom is 0.288 e. The first-order valence-corrected chi connectivity index (χ1v) is 17.3. The third-order valence-corrected chi connectivity index (χ3v) is 8.63. The number of nitro groups is 4. The Balaban J connectivity index is 0.000000325. The highest BCUT2D eigenvalue weighted by Gasteiger charge is 2.25. The third-order valence-electron chi connectivity index (χ3n) is 6.91. The van der Waals surface area contributed by atoms with E-state index in [2.05, 4.69) is 15.9 Å². The molecule has 0 unspecified atom stereocenters. The molecule has 300 valence electrons. The molecule has 0 N–H and O–H groups in total. The van der Waals surface area contributed by atoms with Gasteiger partial charge in [0.1, 0.15) is 43.4 Å². The normalized spacial score (nSPS) is 10.3. The number of carbonyl (C=O) groups is 4. The van der Waals surface area contributed by atoms with Crippen LogP contribution in [0, 0.1) is 63.7 Å². The summed E-state index contributed by atoms with van der Waals surface area (Å²) < 4.78 is 54.0. The van der Waals surface area contributed by atoms with Crippen molar-refractivity contribution in [3.05, 3.63) is 155 Å². The van der Waals surface area contributed by atoms with Crippen molar-refractivity contribution in [3.8, 4) is 0 Å². The molecular formula is C32H17BrCl4F4N4O12. The van der Waals surface area contributed by atoms with Gasteiger partial charge < -0.3 is 0 Å². The van der Waals surface area contributed by atoms with Crippen molar-refractivity contribution < 1.29 is 56.4 Å². The van der Waals surface area contributed by atoms with Crippen LogP contribution in [0.15, 0.2) is 48.5 Å². The van der Waals surface area contributed by atoms with Gasteiger partial charge in [-0.05, 0) is 6.92 Å². The van der Waals surface area contributed by atoms with Gasteiger partial charge in [-0.3, -0.25) is 59.6 Å². The van der Waals surface area contributed by atoms with E-state index in [1.165, 1.54) is 0 Å². The van der Waals surface area contributed by atoms with Gasteiger partial charge >= 0.3 is 0 Å². The van der Waals surface area contributed by atoms with Crippen LogP contribution in [-0.4, -0.2) is 48.2 Å². The first-order valence-electron chi connectivity index (χ1n) is 14.6. The topological polar surface area (TPSA) is 241 Å². The van der Waals surface area contributed by atoms with E-state index in [-0.39, 0.29) is 26.5 Å². The highest BCUT2D eigenvalue weighted by atomic mass is 79.9. The Bertz CT molecular complexity index is 2260. The first kappa shape index (κ1) is 47.7. The summed E-state index contributed by atoms with van der Waals surface area (Å²) in [6.45, 7) is 1.12. The van der Waals surface area contributed by atoms with Gasteiger partial charge in [-0.15, -0.1) is 0 Å². The van der Waals surface area contributed by atoms with Gasteiger partial charge in [0, 0.05) is 61.4 Å². The monoisotopic (exact) mass is 944 g/mol. The smallest absolute Gasteiger partial charge is 0.288 e. The molecule has 0 aliphatic carbocycles. The van der Waals surface area contributed by atoms with Crippen LogP contribution in [0.5, 0.6) is 0 Å². The fraction of sp³-hybridized carbons (Fsp3) is 0.125. The van der Waals surface area contributed by atoms with E-state index in [4.69, 9.17) is 46.4 Å². The van der Waals surface area contributed by atoms with Crippen molar-refractivity contribution >= 4 is 108 Å². The standard InChI is InChI=1S/C16H8Cl2F2N2O6.C8H4BrClFNO3.C8H5ClFNO3/c17-9-5-11(19)7(3-13(9)21(25)26)15(23)1-2-16(24)8-4-14(22(27)28)10(18)6-12(8)20;9-3-8(13)4-1-7(12(14)15)5(10)2-6(4)11;1-4(12)5-2-8(11(13)14)6(9)3-7(5)10/h3-6H,1-2H2;1-2H,3H2;2-3H,1H3. The van der Waals surface area contributed by atoms with E-state index in [9.17, 15) is 77.2 Å². The molecule has 0 saturated heterocycles. The van der Waals surface area contributed by atoms with Crippen LogP contribution in [0.3, 0.4) is 0 Å². The van der Waals surface area contributed by atoms with Gasteiger partial charge in [0.2, 0.25) is 0 Å². The Hall–Kier alpha value is -5.48. The summed E-state index contributed by atoms with van der Waals surface area (Å²) in [6, 6.07) is 5.65. The van der Waals surface area contributed by atoms with Crippen LogP contribution in [0.25, 0.3) is 0 Å². The van der Waals surface area contributed by atoms with Gasteiger partial charge in [-0.2, -0.15) is 0 Å². The van der Waals surface area contributed by atoms with Crippen molar-refractivity contribution in [3.63, 3.8) is 0 Å². The minimum atomic E-state index is -1.12. The highest BCUT2D eigenvalue weighted by Crippen LogP contribution is 2.31. The predicted molar refractivity (Wildman–Crippen MR) is 198 cm³/mol. The molecule has 4 rings (SSSR count). The number of nitrogens with zero attached hydrogens (tertiary/aromatic N) is 4. The van der Waals surface area contributed by atoms with E-state index in [1.807, 2.05) is 0 Å². The molecule has 0 aliphatic rings. The van der Waals surface area contributed by atoms with Crippen LogP contribution in [0.2, 0.25) is 20.1 Å². The Labute approximate surface area is 343 Å². The van der Waals surface area contributed by atoms with Gasteiger partial charge in [-0.1, -0.05) is 62.3 Å². The maximum absolute atomic E-state index is 13.9.